The van der Waals surface area contributed by atoms with Crippen molar-refractivity contribution in [1.29, 1.82) is 0 Å². The minimum Gasteiger partial charge on any atom is -0.383 e. The number of rotatable bonds is 2. The lowest BCUT2D eigenvalue weighted by molar-refractivity contribution is -0.385. The van der Waals surface area contributed by atoms with Crippen LogP contribution in [0.1, 0.15) is 46.1 Å². The Bertz CT molecular complexity index is 589. The van der Waals surface area contributed by atoms with Gasteiger partial charge in [0, 0.05) is 11.6 Å². The second kappa shape index (κ2) is 4.58. The summed E-state index contributed by atoms with van der Waals surface area (Å²) in [7, 11) is 0. The quantitative estimate of drug-likeness (QED) is 0.657. The second-order valence-electron chi connectivity index (χ2n) is 7.06. The number of allylic oxidation sites excluding steroid dienone is 2. The van der Waals surface area contributed by atoms with Gasteiger partial charge >= 0.3 is 0 Å². The zero-order valence-electron chi connectivity index (χ0n) is 12.4. The Morgan fingerprint density at radius 2 is 2.00 bits per heavy atom. The maximum absolute atomic E-state index is 10.9. The van der Waals surface area contributed by atoms with Crippen molar-refractivity contribution in [1.82, 2.24) is 4.98 Å². The highest BCUT2D eigenvalue weighted by Gasteiger charge is 2.34. The number of nitrogens with two attached hydrogens (primary N) is 1. The van der Waals surface area contributed by atoms with Crippen LogP contribution in [0.15, 0.2) is 18.3 Å². The van der Waals surface area contributed by atoms with Gasteiger partial charge in [0.2, 0.25) is 0 Å². The lowest BCUT2D eigenvalue weighted by Gasteiger charge is -2.39. The summed E-state index contributed by atoms with van der Waals surface area (Å²) in [6, 6.07) is 1.53. The molecule has 0 aromatic carbocycles. The molecule has 1 aromatic rings. The van der Waals surface area contributed by atoms with Gasteiger partial charge in [-0.05, 0) is 29.2 Å². The van der Waals surface area contributed by atoms with Crippen molar-refractivity contribution in [2.75, 3.05) is 5.73 Å². The number of nitrogens with zero attached hydrogens (tertiary/aromatic N) is 2. The lowest BCUT2D eigenvalue weighted by atomic mass is 9.66. The smallest absolute Gasteiger partial charge is 0.288 e. The topological polar surface area (TPSA) is 82.0 Å². The average molecular weight is 275 g/mol. The van der Waals surface area contributed by atoms with Gasteiger partial charge in [0.05, 0.1) is 4.92 Å². The summed E-state index contributed by atoms with van der Waals surface area (Å²) >= 11 is 0. The zero-order chi connectivity index (χ0) is 15.1. The van der Waals surface area contributed by atoms with E-state index in [1.807, 2.05) is 0 Å². The Labute approximate surface area is 119 Å². The molecule has 2 rings (SSSR count). The van der Waals surface area contributed by atoms with Gasteiger partial charge in [-0.3, -0.25) is 10.1 Å². The Morgan fingerprint density at radius 1 is 1.35 bits per heavy atom. The van der Waals surface area contributed by atoms with Crippen molar-refractivity contribution in [3.63, 3.8) is 0 Å². The SMILES string of the molecule is CC1(C)C=C(c2cc([N+](=O)[O-])cnc2N)CC(C)(C)C1. The van der Waals surface area contributed by atoms with E-state index >= 15 is 0 Å². The van der Waals surface area contributed by atoms with Crippen molar-refractivity contribution in [3.8, 4) is 0 Å². The number of nitrogen functional groups attached to an aromatic ring is 1. The molecule has 0 amide bonds. The third-order valence-electron chi connectivity index (χ3n) is 3.63. The maximum Gasteiger partial charge on any atom is 0.288 e. The Balaban J connectivity index is 2.53. The van der Waals surface area contributed by atoms with Crippen LogP contribution in [0.2, 0.25) is 0 Å². The van der Waals surface area contributed by atoms with Gasteiger partial charge in [-0.1, -0.05) is 33.8 Å². The fraction of sp³-hybridized carbons (Fsp3) is 0.533. The zero-order valence-corrected chi connectivity index (χ0v) is 12.4. The van der Waals surface area contributed by atoms with Crippen LogP contribution in [-0.4, -0.2) is 9.91 Å². The van der Waals surface area contributed by atoms with Gasteiger partial charge in [0.15, 0.2) is 0 Å². The van der Waals surface area contributed by atoms with Crippen molar-refractivity contribution < 1.29 is 4.92 Å². The van der Waals surface area contributed by atoms with Crippen LogP contribution in [0.4, 0.5) is 11.5 Å². The first-order valence-electron chi connectivity index (χ1n) is 6.72. The molecule has 2 N–H and O–H groups in total. The summed E-state index contributed by atoms with van der Waals surface area (Å²) in [5, 5.41) is 10.9. The summed E-state index contributed by atoms with van der Waals surface area (Å²) in [6.45, 7) is 8.77. The largest absolute Gasteiger partial charge is 0.383 e. The van der Waals surface area contributed by atoms with Crippen LogP contribution in [0.3, 0.4) is 0 Å². The van der Waals surface area contributed by atoms with Crippen LogP contribution in [-0.2, 0) is 0 Å². The number of aromatic nitrogens is 1. The van der Waals surface area contributed by atoms with Gasteiger partial charge in [-0.15, -0.1) is 0 Å². The lowest BCUT2D eigenvalue weighted by Crippen LogP contribution is -2.27. The first-order valence-corrected chi connectivity index (χ1v) is 6.72. The predicted molar refractivity (Wildman–Crippen MR) is 80.1 cm³/mol. The van der Waals surface area contributed by atoms with Crippen molar-refractivity contribution in [2.24, 2.45) is 10.8 Å². The van der Waals surface area contributed by atoms with Crippen LogP contribution < -0.4 is 5.73 Å². The molecule has 0 atom stereocenters. The van der Waals surface area contributed by atoms with Crippen LogP contribution in [0, 0.1) is 20.9 Å². The van der Waals surface area contributed by atoms with Gasteiger partial charge in [-0.25, -0.2) is 4.98 Å². The molecule has 0 fully saturated rings. The first-order chi connectivity index (χ1) is 9.10. The second-order valence-corrected chi connectivity index (χ2v) is 7.06. The monoisotopic (exact) mass is 275 g/mol. The molecule has 0 saturated carbocycles. The van der Waals surface area contributed by atoms with Gasteiger partial charge in [-0.2, -0.15) is 0 Å². The normalized spacial score (nSPS) is 20.3. The fourth-order valence-corrected chi connectivity index (χ4v) is 3.38. The highest BCUT2D eigenvalue weighted by Crippen LogP contribution is 2.48. The summed E-state index contributed by atoms with van der Waals surface area (Å²) in [5.74, 6) is 0.357. The molecule has 0 aliphatic heterocycles. The Hall–Kier alpha value is -1.91. The van der Waals surface area contributed by atoms with Crippen molar-refractivity contribution >= 4 is 17.1 Å². The van der Waals surface area contributed by atoms with E-state index in [1.54, 1.807) is 0 Å². The summed E-state index contributed by atoms with van der Waals surface area (Å²) in [4.78, 5) is 14.4. The van der Waals surface area contributed by atoms with Gasteiger partial charge < -0.3 is 5.73 Å². The summed E-state index contributed by atoms with van der Waals surface area (Å²) in [6.07, 6.45) is 5.31. The van der Waals surface area contributed by atoms with E-state index in [0.717, 1.165) is 18.4 Å². The number of pyridine rings is 1. The van der Waals surface area contributed by atoms with E-state index in [4.69, 9.17) is 5.73 Å². The maximum atomic E-state index is 10.9. The molecule has 0 radical (unpaired) electrons. The first kappa shape index (κ1) is 14.5. The molecule has 1 aliphatic carbocycles. The average Bonchev–Trinajstić information content (AvgIpc) is 2.24. The van der Waals surface area contributed by atoms with Gasteiger partial charge in [0.1, 0.15) is 12.0 Å². The molecule has 0 saturated heterocycles. The number of hydrogen-bond acceptors (Lipinski definition) is 4. The number of nitro groups is 1. The van der Waals surface area contributed by atoms with E-state index in [2.05, 4.69) is 38.8 Å². The van der Waals surface area contributed by atoms with E-state index in [0.29, 0.717) is 11.4 Å². The highest BCUT2D eigenvalue weighted by atomic mass is 16.6. The van der Waals surface area contributed by atoms with Crippen LogP contribution in [0.25, 0.3) is 5.57 Å². The van der Waals surface area contributed by atoms with E-state index in [9.17, 15) is 10.1 Å². The van der Waals surface area contributed by atoms with Gasteiger partial charge in [0.25, 0.3) is 5.69 Å². The molecular weight excluding hydrogens is 254 g/mol. The number of hydrogen-bond donors (Lipinski definition) is 1. The molecule has 1 aromatic heterocycles. The molecule has 0 unspecified atom stereocenters. The van der Waals surface area contributed by atoms with E-state index in [-0.39, 0.29) is 16.5 Å². The van der Waals surface area contributed by atoms with Crippen molar-refractivity contribution in [3.05, 3.63) is 34.0 Å². The third-order valence-corrected chi connectivity index (χ3v) is 3.63. The van der Waals surface area contributed by atoms with E-state index in [1.165, 1.54) is 12.3 Å². The summed E-state index contributed by atoms with van der Waals surface area (Å²) in [5.41, 5.74) is 7.85. The molecule has 5 heteroatoms. The minimum absolute atomic E-state index is 0.0173. The summed E-state index contributed by atoms with van der Waals surface area (Å²) < 4.78 is 0. The highest BCUT2D eigenvalue weighted by molar-refractivity contribution is 5.76. The van der Waals surface area contributed by atoms with Crippen LogP contribution in [0.5, 0.6) is 0 Å². The Kier molecular flexibility index (Phi) is 3.32. The molecule has 0 bridgehead atoms. The number of anilines is 1. The third kappa shape index (κ3) is 2.98. The standard InChI is InChI=1S/C15H21N3O2/c1-14(2)6-10(7-15(3,4)9-14)12-5-11(18(19)20)8-17-13(12)16/h5-6,8H,7,9H2,1-4H3,(H2,16,17). The molecule has 0 spiro atoms. The molecule has 108 valence electrons. The molecule has 1 aliphatic rings. The molecule has 5 nitrogen and oxygen atoms in total. The molecular formula is C15H21N3O2. The predicted octanol–water partition coefficient (Wildman–Crippen LogP) is 3.80. The van der Waals surface area contributed by atoms with Crippen LogP contribution >= 0.6 is 0 Å². The minimum atomic E-state index is -0.435. The van der Waals surface area contributed by atoms with Crippen molar-refractivity contribution in [2.45, 2.75) is 40.5 Å². The Morgan fingerprint density at radius 3 is 2.55 bits per heavy atom. The fourth-order valence-electron chi connectivity index (χ4n) is 3.38. The molecule has 20 heavy (non-hydrogen) atoms. The van der Waals surface area contributed by atoms with E-state index < -0.39 is 4.92 Å². The molecule has 1 heterocycles.